The predicted octanol–water partition coefficient (Wildman–Crippen LogP) is 3.08. The highest BCUT2D eigenvalue weighted by atomic mass is 32.2. The lowest BCUT2D eigenvalue weighted by molar-refractivity contribution is -0.385. The Morgan fingerprint density at radius 1 is 1.26 bits per heavy atom. The molecule has 1 aromatic heterocycles. The molecule has 1 heterocycles. The molecule has 10 heteroatoms. The van der Waals surface area contributed by atoms with E-state index in [-0.39, 0.29) is 11.3 Å². The Morgan fingerprint density at radius 2 is 2.00 bits per heavy atom. The molecule has 9 nitrogen and oxygen atoms in total. The second-order valence-electron chi connectivity index (χ2n) is 5.63. The highest BCUT2D eigenvalue weighted by Gasteiger charge is 2.16. The van der Waals surface area contributed by atoms with Gasteiger partial charge < -0.3 is 10.2 Å². The van der Waals surface area contributed by atoms with E-state index in [2.05, 4.69) is 15.3 Å². The fraction of sp³-hybridized carbons (Fsp3) is 0.118. The third kappa shape index (κ3) is 4.42. The lowest BCUT2D eigenvalue weighted by Crippen LogP contribution is -1.95. The van der Waals surface area contributed by atoms with E-state index < -0.39 is 16.4 Å². The molecule has 0 aliphatic heterocycles. The Balaban J connectivity index is 1.77. The van der Waals surface area contributed by atoms with Gasteiger partial charge in [0.2, 0.25) is 5.16 Å². The van der Waals surface area contributed by atoms with Gasteiger partial charge in [0, 0.05) is 23.4 Å². The number of nitrogens with zero attached hydrogens (tertiary/aromatic N) is 5. The van der Waals surface area contributed by atoms with Crippen LogP contribution in [0.2, 0.25) is 0 Å². The average Bonchev–Trinajstić information content (AvgIpc) is 3.07. The van der Waals surface area contributed by atoms with E-state index in [1.54, 1.807) is 0 Å². The van der Waals surface area contributed by atoms with Gasteiger partial charge in [0.1, 0.15) is 12.1 Å². The fourth-order valence-corrected chi connectivity index (χ4v) is 3.00. The Hall–Kier alpha value is -3.40. The Labute approximate surface area is 158 Å². The van der Waals surface area contributed by atoms with Crippen molar-refractivity contribution < 1.29 is 15.1 Å². The summed E-state index contributed by atoms with van der Waals surface area (Å²) in [5.41, 5.74) is 1.87. The van der Waals surface area contributed by atoms with Crippen molar-refractivity contribution in [2.24, 2.45) is 5.10 Å². The van der Waals surface area contributed by atoms with E-state index in [0.29, 0.717) is 10.9 Å². The summed E-state index contributed by atoms with van der Waals surface area (Å²) in [4.78, 5) is 10.2. The molecular weight excluding hydrogens is 370 g/mol. The van der Waals surface area contributed by atoms with Crippen LogP contribution in [0.25, 0.3) is 0 Å². The largest absolute Gasteiger partial charge is 0.507 e. The van der Waals surface area contributed by atoms with Crippen LogP contribution in [-0.4, -0.2) is 36.2 Å². The number of nitro benzene ring substituents is 1. The molecule has 0 saturated heterocycles. The molecule has 3 rings (SSSR count). The van der Waals surface area contributed by atoms with Gasteiger partial charge in [0.25, 0.3) is 0 Å². The number of aryl methyl sites for hydroxylation is 1. The average molecular weight is 385 g/mol. The van der Waals surface area contributed by atoms with Crippen LogP contribution in [0, 0.1) is 17.0 Å². The zero-order valence-electron chi connectivity index (χ0n) is 14.2. The van der Waals surface area contributed by atoms with Crippen molar-refractivity contribution >= 4 is 23.7 Å². The van der Waals surface area contributed by atoms with Crippen molar-refractivity contribution in [1.29, 1.82) is 0 Å². The number of nitro groups is 1. The van der Waals surface area contributed by atoms with Crippen LogP contribution in [0.5, 0.6) is 11.5 Å². The standard InChI is InChI=1S/C17H15N5O4S/c1-11-2-4-12(5-3-11)9-27-17-20-18-10-21(17)19-8-13-6-14(22(25)26)16(24)7-15(13)23/h2-8,10,23-24H,9H2,1H3/b19-8+. The molecule has 0 atom stereocenters. The van der Waals surface area contributed by atoms with Gasteiger partial charge >= 0.3 is 5.69 Å². The SMILES string of the molecule is Cc1ccc(CSc2nncn2/N=C/c2cc([N+](=O)[O-])c(O)cc2O)cc1. The summed E-state index contributed by atoms with van der Waals surface area (Å²) < 4.78 is 1.40. The minimum absolute atomic E-state index is 0.0858. The lowest BCUT2D eigenvalue weighted by atomic mass is 10.2. The smallest absolute Gasteiger partial charge is 0.311 e. The van der Waals surface area contributed by atoms with Crippen LogP contribution < -0.4 is 0 Å². The molecule has 2 aromatic carbocycles. The highest BCUT2D eigenvalue weighted by molar-refractivity contribution is 7.98. The lowest BCUT2D eigenvalue weighted by Gasteiger charge is -2.03. The van der Waals surface area contributed by atoms with E-state index in [9.17, 15) is 20.3 Å². The van der Waals surface area contributed by atoms with Gasteiger partial charge in [-0.2, -0.15) is 9.78 Å². The maximum Gasteiger partial charge on any atom is 0.311 e. The monoisotopic (exact) mass is 385 g/mol. The van der Waals surface area contributed by atoms with Gasteiger partial charge in [0.15, 0.2) is 5.75 Å². The van der Waals surface area contributed by atoms with Crippen LogP contribution in [-0.2, 0) is 5.75 Å². The molecule has 0 saturated carbocycles. The van der Waals surface area contributed by atoms with E-state index in [1.165, 1.54) is 34.5 Å². The third-order valence-electron chi connectivity index (χ3n) is 3.63. The van der Waals surface area contributed by atoms with E-state index >= 15 is 0 Å². The van der Waals surface area contributed by atoms with Crippen molar-refractivity contribution in [2.75, 3.05) is 0 Å². The number of phenols is 2. The highest BCUT2D eigenvalue weighted by Crippen LogP contribution is 2.32. The van der Waals surface area contributed by atoms with Gasteiger partial charge in [-0.1, -0.05) is 41.6 Å². The summed E-state index contributed by atoms with van der Waals surface area (Å²) in [6, 6.07) is 10.1. The van der Waals surface area contributed by atoms with Gasteiger partial charge in [-0.3, -0.25) is 10.1 Å². The van der Waals surface area contributed by atoms with Gasteiger partial charge in [-0.05, 0) is 12.5 Å². The molecule has 0 radical (unpaired) electrons. The number of benzene rings is 2. The van der Waals surface area contributed by atoms with Crippen LogP contribution in [0.1, 0.15) is 16.7 Å². The number of thioether (sulfide) groups is 1. The molecule has 0 aliphatic rings. The second-order valence-corrected chi connectivity index (χ2v) is 6.58. The summed E-state index contributed by atoms with van der Waals surface area (Å²) in [6.07, 6.45) is 2.63. The first-order chi connectivity index (χ1) is 12.9. The number of hydrogen-bond acceptors (Lipinski definition) is 8. The Morgan fingerprint density at radius 3 is 2.70 bits per heavy atom. The molecule has 27 heavy (non-hydrogen) atoms. The van der Waals surface area contributed by atoms with Crippen molar-refractivity contribution in [3.05, 3.63) is 69.5 Å². The normalized spacial score (nSPS) is 11.1. The summed E-state index contributed by atoms with van der Waals surface area (Å²) in [5.74, 6) is -0.276. The topological polar surface area (TPSA) is 127 Å². The number of aromatic nitrogens is 3. The maximum absolute atomic E-state index is 10.9. The van der Waals surface area contributed by atoms with E-state index in [1.807, 2.05) is 31.2 Å². The number of phenolic OH excluding ortho intramolecular Hbond substituents is 2. The molecule has 3 aromatic rings. The molecule has 0 aliphatic carbocycles. The Kier molecular flexibility index (Phi) is 5.36. The maximum atomic E-state index is 10.9. The van der Waals surface area contributed by atoms with E-state index in [4.69, 9.17) is 0 Å². The number of hydrogen-bond donors (Lipinski definition) is 2. The molecule has 0 amide bonds. The summed E-state index contributed by atoms with van der Waals surface area (Å²) in [5, 5.41) is 42.7. The molecular formula is C17H15N5O4S. The minimum Gasteiger partial charge on any atom is -0.507 e. The van der Waals surface area contributed by atoms with Gasteiger partial charge in [-0.25, -0.2) is 0 Å². The summed E-state index contributed by atoms with van der Waals surface area (Å²) in [6.45, 7) is 2.02. The quantitative estimate of drug-likeness (QED) is 0.289. The molecule has 138 valence electrons. The second kappa shape index (κ2) is 7.87. The third-order valence-corrected chi connectivity index (χ3v) is 4.64. The number of rotatable bonds is 6. The molecule has 0 spiro atoms. The van der Waals surface area contributed by atoms with Crippen molar-refractivity contribution in [1.82, 2.24) is 14.9 Å². The summed E-state index contributed by atoms with van der Waals surface area (Å²) in [7, 11) is 0. The summed E-state index contributed by atoms with van der Waals surface area (Å²) >= 11 is 1.43. The van der Waals surface area contributed by atoms with Crippen molar-refractivity contribution in [3.8, 4) is 11.5 Å². The van der Waals surface area contributed by atoms with Crippen LogP contribution in [0.4, 0.5) is 5.69 Å². The molecule has 2 N–H and O–H groups in total. The van der Waals surface area contributed by atoms with Gasteiger partial charge in [0.05, 0.1) is 11.1 Å². The fourth-order valence-electron chi connectivity index (χ4n) is 2.18. The zero-order valence-corrected chi connectivity index (χ0v) is 15.0. The zero-order chi connectivity index (χ0) is 19.4. The van der Waals surface area contributed by atoms with Crippen LogP contribution in [0.15, 0.2) is 53.0 Å². The van der Waals surface area contributed by atoms with Crippen molar-refractivity contribution in [3.63, 3.8) is 0 Å². The first-order valence-electron chi connectivity index (χ1n) is 7.77. The number of aromatic hydroxyl groups is 2. The van der Waals surface area contributed by atoms with Crippen molar-refractivity contribution in [2.45, 2.75) is 17.8 Å². The first-order valence-corrected chi connectivity index (χ1v) is 8.75. The molecule has 0 bridgehead atoms. The first kappa shape index (κ1) is 18.4. The Bertz CT molecular complexity index is 1000. The van der Waals surface area contributed by atoms with Gasteiger partial charge in [-0.15, -0.1) is 10.2 Å². The molecule has 0 fully saturated rings. The van der Waals surface area contributed by atoms with E-state index in [0.717, 1.165) is 17.7 Å². The minimum atomic E-state index is -0.742. The van der Waals surface area contributed by atoms with Crippen LogP contribution in [0.3, 0.4) is 0 Å². The predicted molar refractivity (Wildman–Crippen MR) is 100 cm³/mol. The van der Waals surface area contributed by atoms with Crippen LogP contribution >= 0.6 is 11.8 Å². The molecule has 0 unspecified atom stereocenters.